The molecule has 0 saturated carbocycles. The molecule has 0 aromatic carbocycles. The average Bonchev–Trinajstić information content (AvgIpc) is 2.39. The van der Waals surface area contributed by atoms with Gasteiger partial charge in [0.15, 0.2) is 0 Å². The molecule has 0 aliphatic carbocycles. The molecular weight excluding hydrogens is 244 g/mol. The molecule has 0 N–H and O–H groups in total. The summed E-state index contributed by atoms with van der Waals surface area (Å²) in [5.74, 6) is -0.656. The molecule has 0 spiro atoms. The second-order valence-corrected chi connectivity index (χ2v) is 4.25. The van der Waals surface area contributed by atoms with E-state index in [0.717, 1.165) is 5.57 Å². The van der Waals surface area contributed by atoms with Gasteiger partial charge in [0, 0.05) is 18.8 Å². The van der Waals surface area contributed by atoms with Crippen molar-refractivity contribution >= 4 is 11.6 Å². The topological polar surface area (TPSA) is 60.7 Å². The van der Waals surface area contributed by atoms with Crippen molar-refractivity contribution in [3.05, 3.63) is 58.7 Å². The number of rotatable bonds is 4. The van der Waals surface area contributed by atoms with E-state index >= 15 is 0 Å². The summed E-state index contributed by atoms with van der Waals surface area (Å²) >= 11 is 0. The van der Waals surface area contributed by atoms with E-state index in [1.807, 2.05) is 6.92 Å². The summed E-state index contributed by atoms with van der Waals surface area (Å²) in [7, 11) is 0. The fourth-order valence-electron chi connectivity index (χ4n) is 1.56. The smallest absolute Gasteiger partial charge is 0.345 e. The normalized spacial score (nSPS) is 10.4. The Morgan fingerprint density at radius 2 is 2.26 bits per heavy atom. The largest absolute Gasteiger partial charge is 0.462 e. The highest BCUT2D eigenvalue weighted by Gasteiger charge is 2.14. The van der Waals surface area contributed by atoms with E-state index in [1.165, 1.54) is 10.6 Å². The first-order valence-corrected chi connectivity index (χ1v) is 5.87. The van der Waals surface area contributed by atoms with Gasteiger partial charge in [0.05, 0.1) is 6.61 Å². The van der Waals surface area contributed by atoms with Gasteiger partial charge in [0.25, 0.3) is 5.56 Å². The van der Waals surface area contributed by atoms with Crippen LogP contribution in [0.4, 0.5) is 0 Å². The summed E-state index contributed by atoms with van der Waals surface area (Å²) in [6.45, 7) is 5.77. The summed E-state index contributed by atoms with van der Waals surface area (Å²) in [6, 6.07) is 5.16. The van der Waals surface area contributed by atoms with Gasteiger partial charge in [-0.2, -0.15) is 0 Å². The van der Waals surface area contributed by atoms with Gasteiger partial charge < -0.3 is 4.74 Å². The lowest BCUT2D eigenvalue weighted by Gasteiger charge is -2.05. The van der Waals surface area contributed by atoms with Crippen molar-refractivity contribution in [3.63, 3.8) is 0 Å². The summed E-state index contributed by atoms with van der Waals surface area (Å²) in [5, 5.41) is 0. The molecule has 0 unspecified atom stereocenters. The van der Waals surface area contributed by atoms with Gasteiger partial charge >= 0.3 is 5.97 Å². The van der Waals surface area contributed by atoms with Crippen molar-refractivity contribution in [2.24, 2.45) is 0 Å². The van der Waals surface area contributed by atoms with Crippen LogP contribution in [0, 0.1) is 0 Å². The van der Waals surface area contributed by atoms with Gasteiger partial charge in [-0.15, -0.1) is 6.58 Å². The lowest BCUT2D eigenvalue weighted by molar-refractivity contribution is 0.0506. The van der Waals surface area contributed by atoms with Gasteiger partial charge in [-0.3, -0.25) is 9.20 Å². The molecule has 5 nitrogen and oxygen atoms in total. The number of hydrogen-bond acceptors (Lipinski definition) is 4. The van der Waals surface area contributed by atoms with Crippen LogP contribution in [0.15, 0.2) is 47.5 Å². The number of esters is 1. The van der Waals surface area contributed by atoms with Crippen LogP contribution in [-0.2, 0) is 4.74 Å². The van der Waals surface area contributed by atoms with Gasteiger partial charge in [-0.1, -0.05) is 11.6 Å². The quantitative estimate of drug-likeness (QED) is 0.620. The third kappa shape index (κ3) is 2.88. The number of hydrogen-bond donors (Lipinski definition) is 0. The molecule has 0 aliphatic rings. The first-order chi connectivity index (χ1) is 9.09. The fourth-order valence-corrected chi connectivity index (χ4v) is 1.56. The third-order valence-corrected chi connectivity index (χ3v) is 2.60. The number of carbonyl (C=O) groups is 1. The van der Waals surface area contributed by atoms with Crippen LogP contribution in [0.5, 0.6) is 0 Å². The van der Waals surface area contributed by atoms with Crippen molar-refractivity contribution < 1.29 is 9.53 Å². The first-order valence-electron chi connectivity index (χ1n) is 5.87. The van der Waals surface area contributed by atoms with E-state index < -0.39 is 11.5 Å². The summed E-state index contributed by atoms with van der Waals surface area (Å²) < 4.78 is 6.33. The predicted octanol–water partition coefficient (Wildman–Crippen LogP) is 1.82. The molecule has 98 valence electrons. The standard InChI is InChI=1S/C14H14N2O3/c1-10(2)6-8-19-14(18)11-9-15-12-5-3-4-7-16(12)13(11)17/h3-5,7,9H,1,6,8H2,2H3. The molecule has 0 bridgehead atoms. The molecule has 19 heavy (non-hydrogen) atoms. The van der Waals surface area contributed by atoms with Crippen molar-refractivity contribution in [3.8, 4) is 0 Å². The predicted molar refractivity (Wildman–Crippen MR) is 71.2 cm³/mol. The highest BCUT2D eigenvalue weighted by Crippen LogP contribution is 2.01. The zero-order chi connectivity index (χ0) is 13.8. The van der Waals surface area contributed by atoms with Crippen LogP contribution in [0.25, 0.3) is 5.65 Å². The number of aromatic nitrogens is 2. The van der Waals surface area contributed by atoms with Gasteiger partial charge in [0.1, 0.15) is 11.2 Å². The van der Waals surface area contributed by atoms with Gasteiger partial charge in [0.2, 0.25) is 0 Å². The zero-order valence-corrected chi connectivity index (χ0v) is 10.6. The minimum atomic E-state index is -0.656. The molecule has 2 heterocycles. The molecule has 2 aromatic heterocycles. The molecule has 0 aliphatic heterocycles. The monoisotopic (exact) mass is 258 g/mol. The van der Waals surface area contributed by atoms with Crippen molar-refractivity contribution in [1.29, 1.82) is 0 Å². The maximum absolute atomic E-state index is 12.1. The van der Waals surface area contributed by atoms with Crippen LogP contribution in [0.3, 0.4) is 0 Å². The molecule has 0 atom stereocenters. The molecule has 5 heteroatoms. The second-order valence-electron chi connectivity index (χ2n) is 4.25. The Hall–Kier alpha value is -2.43. The zero-order valence-electron chi connectivity index (χ0n) is 10.6. The molecule has 2 rings (SSSR count). The number of pyridine rings is 1. The molecule has 0 fully saturated rings. The average molecular weight is 258 g/mol. The van der Waals surface area contributed by atoms with Crippen LogP contribution in [0.1, 0.15) is 23.7 Å². The third-order valence-electron chi connectivity index (χ3n) is 2.60. The Morgan fingerprint density at radius 3 is 3.00 bits per heavy atom. The number of nitrogens with zero attached hydrogens (tertiary/aromatic N) is 2. The second kappa shape index (κ2) is 5.48. The molecule has 0 saturated heterocycles. The van der Waals surface area contributed by atoms with Crippen molar-refractivity contribution in [2.75, 3.05) is 6.61 Å². The summed E-state index contributed by atoms with van der Waals surface area (Å²) in [5.41, 5.74) is 0.920. The van der Waals surface area contributed by atoms with Crippen molar-refractivity contribution in [1.82, 2.24) is 9.38 Å². The summed E-state index contributed by atoms with van der Waals surface area (Å²) in [6.07, 6.45) is 3.39. The Morgan fingerprint density at radius 1 is 1.47 bits per heavy atom. The molecule has 2 aromatic rings. The van der Waals surface area contributed by atoms with Gasteiger partial charge in [-0.05, 0) is 19.1 Å². The van der Waals surface area contributed by atoms with E-state index in [-0.39, 0.29) is 12.2 Å². The Kier molecular flexibility index (Phi) is 3.75. The summed E-state index contributed by atoms with van der Waals surface area (Å²) in [4.78, 5) is 27.9. The van der Waals surface area contributed by atoms with E-state index in [0.29, 0.717) is 12.1 Å². The number of ether oxygens (including phenoxy) is 1. The molecule has 0 radical (unpaired) electrons. The first kappa shape index (κ1) is 13.0. The van der Waals surface area contributed by atoms with Crippen LogP contribution in [-0.4, -0.2) is 22.0 Å². The Labute approximate surface area is 110 Å². The van der Waals surface area contributed by atoms with E-state index in [4.69, 9.17) is 4.74 Å². The van der Waals surface area contributed by atoms with Gasteiger partial charge in [-0.25, -0.2) is 9.78 Å². The van der Waals surface area contributed by atoms with E-state index in [2.05, 4.69) is 11.6 Å². The minimum absolute atomic E-state index is 0.0644. The maximum Gasteiger partial charge on any atom is 0.345 e. The highest BCUT2D eigenvalue weighted by molar-refractivity contribution is 5.88. The van der Waals surface area contributed by atoms with E-state index in [9.17, 15) is 9.59 Å². The Bertz CT molecular complexity index is 688. The fraction of sp³-hybridized carbons (Fsp3) is 0.214. The minimum Gasteiger partial charge on any atom is -0.462 e. The highest BCUT2D eigenvalue weighted by atomic mass is 16.5. The van der Waals surface area contributed by atoms with Crippen LogP contribution in [0.2, 0.25) is 0 Å². The van der Waals surface area contributed by atoms with Crippen molar-refractivity contribution in [2.45, 2.75) is 13.3 Å². The molecule has 0 amide bonds. The Balaban J connectivity index is 2.25. The van der Waals surface area contributed by atoms with Crippen LogP contribution < -0.4 is 5.56 Å². The number of fused-ring (bicyclic) bond motifs is 1. The lowest BCUT2D eigenvalue weighted by Crippen LogP contribution is -2.24. The lowest BCUT2D eigenvalue weighted by atomic mass is 10.2. The SMILES string of the molecule is C=C(C)CCOC(=O)c1cnc2ccccn2c1=O. The number of carbonyl (C=O) groups excluding carboxylic acids is 1. The molecular formula is C14H14N2O3. The van der Waals surface area contributed by atoms with Crippen LogP contribution >= 0.6 is 0 Å². The maximum atomic E-state index is 12.1. The van der Waals surface area contributed by atoms with E-state index in [1.54, 1.807) is 24.4 Å².